The lowest BCUT2D eigenvalue weighted by atomic mass is 10.0. The van der Waals surface area contributed by atoms with E-state index in [1.165, 1.54) is 0 Å². The number of hydrogen-bond acceptors (Lipinski definition) is 4. The second kappa shape index (κ2) is 6.65. The van der Waals surface area contributed by atoms with E-state index in [1.807, 2.05) is 20.8 Å². The summed E-state index contributed by atoms with van der Waals surface area (Å²) in [4.78, 5) is 0.351. The van der Waals surface area contributed by atoms with Crippen LogP contribution in [0.15, 0.2) is 23.1 Å². The standard InChI is InChI=1S/C18H28N2O3S/c1-12(2)23-18-8-7-17(9-13(18)3)24(21,22)20(4)16-10-14-5-6-15(11-16)19-14/h7-9,12,14-16,19H,5-6,10-11H2,1-4H3. The lowest BCUT2D eigenvalue weighted by molar-refractivity contribution is 0.240. The zero-order chi connectivity index (χ0) is 17.5. The summed E-state index contributed by atoms with van der Waals surface area (Å²) in [5.41, 5.74) is 0.851. The number of nitrogens with one attached hydrogen (secondary N) is 1. The van der Waals surface area contributed by atoms with E-state index in [1.54, 1.807) is 29.6 Å². The van der Waals surface area contributed by atoms with Crippen molar-refractivity contribution in [3.8, 4) is 5.75 Å². The predicted molar refractivity (Wildman–Crippen MR) is 94.9 cm³/mol. The minimum atomic E-state index is -3.48. The molecule has 2 atom stereocenters. The fourth-order valence-electron chi connectivity index (χ4n) is 3.86. The minimum Gasteiger partial charge on any atom is -0.491 e. The van der Waals surface area contributed by atoms with Crippen LogP contribution in [-0.4, -0.2) is 44.0 Å². The Balaban J connectivity index is 1.80. The van der Waals surface area contributed by atoms with Crippen molar-refractivity contribution in [2.45, 2.75) is 75.6 Å². The van der Waals surface area contributed by atoms with Crippen molar-refractivity contribution in [2.75, 3.05) is 7.05 Å². The second-order valence-electron chi connectivity index (χ2n) is 7.38. The fraction of sp³-hybridized carbons (Fsp3) is 0.667. The van der Waals surface area contributed by atoms with Gasteiger partial charge in [0.25, 0.3) is 0 Å². The summed E-state index contributed by atoms with van der Waals surface area (Å²) in [6, 6.07) is 6.17. The second-order valence-corrected chi connectivity index (χ2v) is 9.38. The summed E-state index contributed by atoms with van der Waals surface area (Å²) < 4.78 is 33.3. The van der Waals surface area contributed by atoms with Gasteiger partial charge in [-0.25, -0.2) is 8.42 Å². The Hall–Kier alpha value is -1.11. The van der Waals surface area contributed by atoms with Gasteiger partial charge in [-0.2, -0.15) is 4.31 Å². The Labute approximate surface area is 145 Å². The molecular formula is C18H28N2O3S. The molecule has 0 spiro atoms. The number of ether oxygens (including phenoxy) is 1. The number of fused-ring (bicyclic) bond motifs is 2. The molecule has 0 saturated carbocycles. The Morgan fingerprint density at radius 3 is 2.38 bits per heavy atom. The first kappa shape index (κ1) is 17.7. The molecule has 1 N–H and O–H groups in total. The zero-order valence-electron chi connectivity index (χ0n) is 15.0. The van der Waals surface area contributed by atoms with Crippen molar-refractivity contribution in [1.29, 1.82) is 0 Å². The molecule has 0 aromatic heterocycles. The Kier molecular flexibility index (Phi) is 4.91. The minimum absolute atomic E-state index is 0.0686. The summed E-state index contributed by atoms with van der Waals surface area (Å²) >= 11 is 0. The average molecular weight is 353 g/mol. The Morgan fingerprint density at radius 1 is 1.21 bits per heavy atom. The molecule has 2 aliphatic heterocycles. The van der Waals surface area contributed by atoms with Crippen LogP contribution in [0.2, 0.25) is 0 Å². The van der Waals surface area contributed by atoms with Crippen molar-refractivity contribution in [2.24, 2.45) is 0 Å². The molecule has 2 heterocycles. The van der Waals surface area contributed by atoms with Crippen molar-refractivity contribution >= 4 is 10.0 Å². The highest BCUT2D eigenvalue weighted by atomic mass is 32.2. The highest BCUT2D eigenvalue weighted by Gasteiger charge is 2.38. The third-order valence-corrected chi connectivity index (χ3v) is 7.05. The van der Waals surface area contributed by atoms with Gasteiger partial charge in [-0.3, -0.25) is 0 Å². The van der Waals surface area contributed by atoms with Gasteiger partial charge in [-0.1, -0.05) is 0 Å². The van der Waals surface area contributed by atoms with Crippen LogP contribution in [0, 0.1) is 6.92 Å². The van der Waals surface area contributed by atoms with Gasteiger partial charge in [-0.15, -0.1) is 0 Å². The number of hydrogen-bond donors (Lipinski definition) is 1. The smallest absolute Gasteiger partial charge is 0.243 e. The van der Waals surface area contributed by atoms with Gasteiger partial charge in [0.2, 0.25) is 10.0 Å². The summed E-state index contributed by atoms with van der Waals surface area (Å²) in [5.74, 6) is 0.742. The van der Waals surface area contributed by atoms with Crippen molar-refractivity contribution in [1.82, 2.24) is 9.62 Å². The van der Waals surface area contributed by atoms with E-state index in [4.69, 9.17) is 4.74 Å². The average Bonchev–Trinajstić information content (AvgIpc) is 2.86. The van der Waals surface area contributed by atoms with Crippen molar-refractivity contribution in [3.63, 3.8) is 0 Å². The number of rotatable bonds is 5. The monoisotopic (exact) mass is 352 g/mol. The molecule has 5 nitrogen and oxygen atoms in total. The van der Waals surface area contributed by atoms with Crippen molar-refractivity contribution < 1.29 is 13.2 Å². The molecule has 3 rings (SSSR count). The topological polar surface area (TPSA) is 58.6 Å². The highest BCUT2D eigenvalue weighted by Crippen LogP contribution is 2.32. The summed E-state index contributed by atoms with van der Waals surface area (Å²) in [6.07, 6.45) is 4.20. The largest absolute Gasteiger partial charge is 0.491 e. The maximum atomic E-state index is 13.0. The SMILES string of the molecule is Cc1cc(S(=O)(=O)N(C)C2CC3CCC(C2)N3)ccc1OC(C)C. The molecule has 2 unspecified atom stereocenters. The lowest BCUT2D eigenvalue weighted by Gasteiger charge is -2.34. The molecule has 2 fully saturated rings. The summed E-state index contributed by atoms with van der Waals surface area (Å²) in [5, 5.41) is 3.56. The quantitative estimate of drug-likeness (QED) is 0.885. The molecule has 2 aliphatic rings. The number of nitrogens with zero attached hydrogens (tertiary/aromatic N) is 1. The molecule has 0 aliphatic carbocycles. The van der Waals surface area contributed by atoms with Gasteiger partial charge in [0.05, 0.1) is 11.0 Å². The van der Waals surface area contributed by atoms with E-state index in [2.05, 4.69) is 5.32 Å². The van der Waals surface area contributed by atoms with Gasteiger partial charge in [0, 0.05) is 25.2 Å². The van der Waals surface area contributed by atoms with E-state index < -0.39 is 10.0 Å². The molecule has 0 radical (unpaired) electrons. The normalized spacial score (nSPS) is 27.0. The maximum Gasteiger partial charge on any atom is 0.243 e. The van der Waals surface area contributed by atoms with E-state index in [0.29, 0.717) is 17.0 Å². The molecule has 1 aromatic carbocycles. The lowest BCUT2D eigenvalue weighted by Crippen LogP contribution is -2.48. The number of aryl methyl sites for hydroxylation is 1. The van der Waals surface area contributed by atoms with E-state index in [0.717, 1.165) is 37.0 Å². The van der Waals surface area contributed by atoms with E-state index in [-0.39, 0.29) is 12.1 Å². The van der Waals surface area contributed by atoms with Gasteiger partial charge in [-0.05, 0) is 70.2 Å². The van der Waals surface area contributed by atoms with E-state index in [9.17, 15) is 8.42 Å². The first-order valence-corrected chi connectivity index (χ1v) is 10.2. The van der Waals surface area contributed by atoms with Gasteiger partial charge < -0.3 is 10.1 Å². The van der Waals surface area contributed by atoms with E-state index >= 15 is 0 Å². The van der Waals surface area contributed by atoms with Crippen molar-refractivity contribution in [3.05, 3.63) is 23.8 Å². The molecule has 2 saturated heterocycles. The maximum absolute atomic E-state index is 13.0. The molecule has 0 amide bonds. The third-order valence-electron chi connectivity index (χ3n) is 5.15. The molecule has 6 heteroatoms. The first-order chi connectivity index (χ1) is 11.3. The van der Waals surface area contributed by atoms with Crippen LogP contribution >= 0.6 is 0 Å². The number of sulfonamides is 1. The van der Waals surface area contributed by atoms with Gasteiger partial charge >= 0.3 is 0 Å². The first-order valence-electron chi connectivity index (χ1n) is 8.78. The Bertz CT molecular complexity index is 690. The Morgan fingerprint density at radius 2 is 1.83 bits per heavy atom. The summed E-state index contributed by atoms with van der Waals surface area (Å²) in [7, 11) is -1.75. The zero-order valence-corrected chi connectivity index (χ0v) is 15.8. The van der Waals surface area contributed by atoms with Crippen LogP contribution in [0.1, 0.15) is 45.1 Å². The molecule has 134 valence electrons. The van der Waals surface area contributed by atoms with Crippen LogP contribution in [-0.2, 0) is 10.0 Å². The number of piperidine rings is 1. The van der Waals surface area contributed by atoms with Crippen LogP contribution in [0.4, 0.5) is 0 Å². The van der Waals surface area contributed by atoms with Gasteiger partial charge in [0.15, 0.2) is 0 Å². The highest BCUT2D eigenvalue weighted by molar-refractivity contribution is 7.89. The van der Waals surface area contributed by atoms with Gasteiger partial charge in [0.1, 0.15) is 5.75 Å². The van der Waals surface area contributed by atoms with Crippen LogP contribution in [0.25, 0.3) is 0 Å². The molecule has 2 bridgehead atoms. The van der Waals surface area contributed by atoms with Crippen LogP contribution < -0.4 is 10.1 Å². The predicted octanol–water partition coefficient (Wildman–Crippen LogP) is 2.69. The third kappa shape index (κ3) is 3.46. The van der Waals surface area contributed by atoms with Crippen LogP contribution in [0.5, 0.6) is 5.75 Å². The number of benzene rings is 1. The molecular weight excluding hydrogens is 324 g/mol. The van der Waals surface area contributed by atoms with Crippen LogP contribution in [0.3, 0.4) is 0 Å². The fourth-order valence-corrected chi connectivity index (χ4v) is 5.32. The molecule has 24 heavy (non-hydrogen) atoms. The molecule has 1 aromatic rings. The summed E-state index contributed by atoms with van der Waals surface area (Å²) in [6.45, 7) is 5.81.